The third-order valence-electron chi connectivity index (χ3n) is 4.43. The first-order chi connectivity index (χ1) is 12.8. The molecule has 27 heavy (non-hydrogen) atoms. The van der Waals surface area contributed by atoms with Gasteiger partial charge in [-0.15, -0.1) is 0 Å². The van der Waals surface area contributed by atoms with Gasteiger partial charge in [-0.3, -0.25) is 9.59 Å². The number of benzene rings is 2. The van der Waals surface area contributed by atoms with Crippen molar-refractivity contribution in [1.82, 2.24) is 5.32 Å². The maximum absolute atomic E-state index is 13.0. The average Bonchev–Trinajstić information content (AvgIpc) is 2.64. The summed E-state index contributed by atoms with van der Waals surface area (Å²) < 4.78 is 13.0. The van der Waals surface area contributed by atoms with Crippen LogP contribution in [0.4, 0.5) is 4.39 Å². The molecule has 0 fully saturated rings. The van der Waals surface area contributed by atoms with Gasteiger partial charge in [0.05, 0.1) is 0 Å². The SMILES string of the molecule is C[C@@H](CCC(=O)O)CNC(Cc1ccc(-c2ccc(F)cc2)cc1)C(=O)O. The summed E-state index contributed by atoms with van der Waals surface area (Å²) in [6.07, 6.45) is 0.900. The molecule has 0 heterocycles. The van der Waals surface area contributed by atoms with Crippen LogP contribution in [0.1, 0.15) is 25.3 Å². The molecule has 0 aliphatic heterocycles. The van der Waals surface area contributed by atoms with Crippen LogP contribution in [-0.2, 0) is 16.0 Å². The summed E-state index contributed by atoms with van der Waals surface area (Å²) in [5, 5.41) is 21.1. The first kappa shape index (κ1) is 20.6. The Morgan fingerprint density at radius 1 is 1.00 bits per heavy atom. The summed E-state index contributed by atoms with van der Waals surface area (Å²) in [5.74, 6) is -2.01. The molecule has 6 heteroatoms. The van der Waals surface area contributed by atoms with Gasteiger partial charge in [0.25, 0.3) is 0 Å². The van der Waals surface area contributed by atoms with E-state index in [9.17, 15) is 19.1 Å². The van der Waals surface area contributed by atoms with Crippen molar-refractivity contribution in [3.8, 4) is 11.1 Å². The summed E-state index contributed by atoms with van der Waals surface area (Å²) >= 11 is 0. The highest BCUT2D eigenvalue weighted by Gasteiger charge is 2.18. The Hall–Kier alpha value is -2.73. The zero-order valence-electron chi connectivity index (χ0n) is 15.2. The largest absolute Gasteiger partial charge is 0.481 e. The molecule has 0 saturated carbocycles. The number of aliphatic carboxylic acids is 2. The van der Waals surface area contributed by atoms with E-state index in [1.54, 1.807) is 12.1 Å². The monoisotopic (exact) mass is 373 g/mol. The summed E-state index contributed by atoms with van der Waals surface area (Å²) in [4.78, 5) is 22.1. The number of carbonyl (C=O) groups is 2. The lowest BCUT2D eigenvalue weighted by Gasteiger charge is -2.18. The summed E-state index contributed by atoms with van der Waals surface area (Å²) in [5.41, 5.74) is 2.70. The maximum Gasteiger partial charge on any atom is 0.321 e. The van der Waals surface area contributed by atoms with Crippen molar-refractivity contribution in [2.75, 3.05) is 6.54 Å². The molecule has 144 valence electrons. The van der Waals surface area contributed by atoms with E-state index in [1.165, 1.54) is 12.1 Å². The predicted molar refractivity (Wildman–Crippen MR) is 101 cm³/mol. The van der Waals surface area contributed by atoms with Gasteiger partial charge in [-0.1, -0.05) is 43.3 Å². The van der Waals surface area contributed by atoms with E-state index >= 15 is 0 Å². The quantitative estimate of drug-likeness (QED) is 0.593. The number of rotatable bonds is 10. The summed E-state index contributed by atoms with van der Waals surface area (Å²) in [6.45, 7) is 2.34. The topological polar surface area (TPSA) is 86.6 Å². The van der Waals surface area contributed by atoms with Crippen molar-refractivity contribution >= 4 is 11.9 Å². The lowest BCUT2D eigenvalue weighted by molar-refractivity contribution is -0.140. The van der Waals surface area contributed by atoms with Gasteiger partial charge in [0.1, 0.15) is 11.9 Å². The second kappa shape index (κ2) is 9.83. The molecule has 0 aliphatic carbocycles. The van der Waals surface area contributed by atoms with Gasteiger partial charge in [-0.2, -0.15) is 0 Å². The van der Waals surface area contributed by atoms with Crippen LogP contribution < -0.4 is 5.32 Å². The van der Waals surface area contributed by atoms with Crippen molar-refractivity contribution in [2.45, 2.75) is 32.2 Å². The van der Waals surface area contributed by atoms with Crippen LogP contribution >= 0.6 is 0 Å². The Bertz CT molecular complexity index is 759. The van der Waals surface area contributed by atoms with Crippen molar-refractivity contribution in [2.24, 2.45) is 5.92 Å². The molecular weight excluding hydrogens is 349 g/mol. The molecule has 0 radical (unpaired) electrons. The van der Waals surface area contributed by atoms with E-state index in [-0.39, 0.29) is 18.2 Å². The van der Waals surface area contributed by atoms with Crippen LogP contribution in [0, 0.1) is 11.7 Å². The van der Waals surface area contributed by atoms with E-state index < -0.39 is 18.0 Å². The van der Waals surface area contributed by atoms with Gasteiger partial charge in [-0.05, 0) is 54.1 Å². The molecule has 5 nitrogen and oxygen atoms in total. The Balaban J connectivity index is 1.94. The second-order valence-electron chi connectivity index (χ2n) is 6.74. The number of nitrogens with one attached hydrogen (secondary N) is 1. The molecule has 2 aromatic carbocycles. The van der Waals surface area contributed by atoms with E-state index in [0.29, 0.717) is 19.4 Å². The zero-order valence-corrected chi connectivity index (χ0v) is 15.2. The van der Waals surface area contributed by atoms with E-state index in [2.05, 4.69) is 5.32 Å². The van der Waals surface area contributed by atoms with Crippen LogP contribution in [0.25, 0.3) is 11.1 Å². The smallest absolute Gasteiger partial charge is 0.321 e. The van der Waals surface area contributed by atoms with Crippen LogP contribution in [-0.4, -0.2) is 34.7 Å². The van der Waals surface area contributed by atoms with Gasteiger partial charge >= 0.3 is 11.9 Å². The maximum atomic E-state index is 13.0. The van der Waals surface area contributed by atoms with Crippen LogP contribution in [0.2, 0.25) is 0 Å². The number of carboxylic acid groups (broad SMARTS) is 2. The highest BCUT2D eigenvalue weighted by molar-refractivity contribution is 5.74. The fourth-order valence-corrected chi connectivity index (χ4v) is 2.77. The van der Waals surface area contributed by atoms with Crippen molar-refractivity contribution in [1.29, 1.82) is 0 Å². The minimum absolute atomic E-state index is 0.0730. The minimum atomic E-state index is -0.942. The molecule has 2 aromatic rings. The van der Waals surface area contributed by atoms with Crippen molar-refractivity contribution < 1.29 is 24.2 Å². The van der Waals surface area contributed by atoms with Gasteiger partial charge < -0.3 is 15.5 Å². The van der Waals surface area contributed by atoms with Crippen molar-refractivity contribution in [3.63, 3.8) is 0 Å². The number of halogens is 1. The molecule has 0 amide bonds. The third-order valence-corrected chi connectivity index (χ3v) is 4.43. The Kier molecular flexibility index (Phi) is 7.49. The fraction of sp³-hybridized carbons (Fsp3) is 0.333. The highest BCUT2D eigenvalue weighted by atomic mass is 19.1. The van der Waals surface area contributed by atoms with Gasteiger partial charge in [0, 0.05) is 6.42 Å². The second-order valence-corrected chi connectivity index (χ2v) is 6.74. The van der Waals surface area contributed by atoms with Crippen LogP contribution in [0.5, 0.6) is 0 Å². The molecule has 0 aliphatic rings. The zero-order chi connectivity index (χ0) is 19.8. The summed E-state index contributed by atoms with van der Waals surface area (Å²) in [6, 6.07) is 13.0. The summed E-state index contributed by atoms with van der Waals surface area (Å²) in [7, 11) is 0. The molecule has 0 aromatic heterocycles. The first-order valence-corrected chi connectivity index (χ1v) is 8.88. The van der Waals surface area contributed by atoms with Gasteiger partial charge in [0.2, 0.25) is 0 Å². The number of hydrogen-bond donors (Lipinski definition) is 3. The number of hydrogen-bond acceptors (Lipinski definition) is 3. The lowest BCUT2D eigenvalue weighted by Crippen LogP contribution is -2.40. The average molecular weight is 373 g/mol. The molecule has 3 N–H and O–H groups in total. The predicted octanol–water partition coefficient (Wildman–Crippen LogP) is 3.58. The number of carboxylic acids is 2. The van der Waals surface area contributed by atoms with Gasteiger partial charge in [-0.25, -0.2) is 4.39 Å². The van der Waals surface area contributed by atoms with E-state index in [4.69, 9.17) is 5.11 Å². The molecule has 0 saturated heterocycles. The third kappa shape index (κ3) is 6.83. The normalized spacial score (nSPS) is 13.1. The molecule has 0 bridgehead atoms. The first-order valence-electron chi connectivity index (χ1n) is 8.88. The standard InChI is InChI=1S/C21H24FNO4/c1-14(2-11-20(24)25)13-23-19(21(26)27)12-15-3-5-16(6-4-15)17-7-9-18(22)10-8-17/h3-10,14,19,23H,2,11-13H2,1H3,(H,24,25)(H,26,27)/t14-,19?/m0/s1. The molecule has 0 spiro atoms. The Morgan fingerprint density at radius 2 is 1.56 bits per heavy atom. The van der Waals surface area contributed by atoms with E-state index in [0.717, 1.165) is 16.7 Å². The lowest BCUT2D eigenvalue weighted by atomic mass is 10.00. The Morgan fingerprint density at radius 3 is 2.07 bits per heavy atom. The molecule has 1 unspecified atom stereocenters. The van der Waals surface area contributed by atoms with E-state index in [1.807, 2.05) is 31.2 Å². The van der Waals surface area contributed by atoms with Crippen LogP contribution in [0.15, 0.2) is 48.5 Å². The van der Waals surface area contributed by atoms with Gasteiger partial charge in [0.15, 0.2) is 0 Å². The fourth-order valence-electron chi connectivity index (χ4n) is 2.77. The molecule has 2 rings (SSSR count). The molecular formula is C21H24FNO4. The van der Waals surface area contributed by atoms with Crippen LogP contribution in [0.3, 0.4) is 0 Å². The Labute approximate surface area is 157 Å². The van der Waals surface area contributed by atoms with Crippen molar-refractivity contribution in [3.05, 3.63) is 59.9 Å². The minimum Gasteiger partial charge on any atom is -0.481 e. The molecule has 2 atom stereocenters. The highest BCUT2D eigenvalue weighted by Crippen LogP contribution is 2.20.